The second-order valence-corrected chi connectivity index (χ2v) is 6.93. The van der Waals surface area contributed by atoms with Gasteiger partial charge in [0.25, 0.3) is 0 Å². The number of rotatable bonds is 8. The Balaban J connectivity index is 1.63. The van der Waals surface area contributed by atoms with Crippen molar-refractivity contribution in [2.24, 2.45) is 5.92 Å². The molecule has 1 heterocycles. The third-order valence-electron chi connectivity index (χ3n) is 4.52. The predicted octanol–water partition coefficient (Wildman–Crippen LogP) is 3.49. The van der Waals surface area contributed by atoms with Crippen LogP contribution in [0.1, 0.15) is 50.2 Å². The molecule has 120 valence electrons. The Morgan fingerprint density at radius 3 is 2.90 bits per heavy atom. The molecule has 1 fully saturated rings. The van der Waals surface area contributed by atoms with Crippen LogP contribution >= 0.6 is 11.3 Å². The van der Waals surface area contributed by atoms with Crippen molar-refractivity contribution < 1.29 is 9.84 Å². The van der Waals surface area contributed by atoms with Gasteiger partial charge in [-0.25, -0.2) is 0 Å². The lowest BCUT2D eigenvalue weighted by atomic mass is 9.85. The zero-order valence-corrected chi connectivity index (χ0v) is 14.1. The van der Waals surface area contributed by atoms with E-state index in [2.05, 4.69) is 29.9 Å². The van der Waals surface area contributed by atoms with Crippen LogP contribution in [-0.4, -0.2) is 30.5 Å². The van der Waals surface area contributed by atoms with Gasteiger partial charge >= 0.3 is 0 Å². The number of nitrogens with one attached hydrogen (secondary N) is 1. The van der Waals surface area contributed by atoms with Gasteiger partial charge in [0.05, 0.1) is 18.8 Å². The molecule has 2 rings (SSSR count). The van der Waals surface area contributed by atoms with Crippen LogP contribution in [-0.2, 0) is 11.3 Å². The molecule has 21 heavy (non-hydrogen) atoms. The first-order valence-corrected chi connectivity index (χ1v) is 9.17. The summed E-state index contributed by atoms with van der Waals surface area (Å²) < 4.78 is 5.97. The molecular weight excluding hydrogens is 282 g/mol. The number of hydrogen-bond donors (Lipinski definition) is 2. The van der Waals surface area contributed by atoms with Gasteiger partial charge in [-0.3, -0.25) is 0 Å². The van der Waals surface area contributed by atoms with Gasteiger partial charge in [-0.2, -0.15) is 11.3 Å². The topological polar surface area (TPSA) is 41.5 Å². The van der Waals surface area contributed by atoms with Crippen molar-refractivity contribution in [1.82, 2.24) is 5.32 Å². The molecule has 3 nitrogen and oxygen atoms in total. The van der Waals surface area contributed by atoms with Crippen LogP contribution in [0.4, 0.5) is 0 Å². The normalized spacial score (nSPS) is 24.1. The molecule has 3 unspecified atom stereocenters. The van der Waals surface area contributed by atoms with Crippen LogP contribution < -0.4 is 5.32 Å². The molecule has 1 saturated carbocycles. The van der Waals surface area contributed by atoms with E-state index in [0.29, 0.717) is 25.2 Å². The van der Waals surface area contributed by atoms with Crippen molar-refractivity contribution in [3.8, 4) is 0 Å². The van der Waals surface area contributed by atoms with E-state index in [1.807, 2.05) is 0 Å². The molecular formula is C17H29NO2S. The van der Waals surface area contributed by atoms with E-state index < -0.39 is 6.10 Å². The van der Waals surface area contributed by atoms with Crippen molar-refractivity contribution in [3.05, 3.63) is 21.9 Å². The first-order chi connectivity index (χ1) is 10.2. The molecule has 2 N–H and O–H groups in total. The monoisotopic (exact) mass is 311 g/mol. The third-order valence-corrected chi connectivity index (χ3v) is 5.43. The summed E-state index contributed by atoms with van der Waals surface area (Å²) in [4.78, 5) is 0. The van der Waals surface area contributed by atoms with Crippen LogP contribution in [0.3, 0.4) is 0 Å². The molecule has 1 aliphatic rings. The molecule has 0 bridgehead atoms. The SMILES string of the molecule is CCC1CCCCC1OCC(O)CNCc1cscc1C. The first kappa shape index (κ1) is 16.9. The molecule has 0 amide bonds. The van der Waals surface area contributed by atoms with Crippen LogP contribution in [0.2, 0.25) is 0 Å². The quantitative estimate of drug-likeness (QED) is 0.772. The maximum Gasteiger partial charge on any atom is 0.0897 e. The minimum absolute atomic E-state index is 0.359. The van der Waals surface area contributed by atoms with E-state index >= 15 is 0 Å². The second kappa shape index (κ2) is 8.89. The number of aliphatic hydroxyl groups excluding tert-OH is 1. The van der Waals surface area contributed by atoms with Gasteiger partial charge in [0.15, 0.2) is 0 Å². The summed E-state index contributed by atoms with van der Waals surface area (Å²) in [7, 11) is 0. The van der Waals surface area contributed by atoms with Gasteiger partial charge < -0.3 is 15.2 Å². The summed E-state index contributed by atoms with van der Waals surface area (Å²) in [5.74, 6) is 0.687. The van der Waals surface area contributed by atoms with Crippen molar-refractivity contribution in [2.75, 3.05) is 13.2 Å². The summed E-state index contributed by atoms with van der Waals surface area (Å²) in [6, 6.07) is 0. The number of aliphatic hydroxyl groups is 1. The average molecular weight is 311 g/mol. The van der Waals surface area contributed by atoms with E-state index in [4.69, 9.17) is 4.74 Å². The minimum Gasteiger partial charge on any atom is -0.389 e. The molecule has 1 aliphatic carbocycles. The Morgan fingerprint density at radius 2 is 2.19 bits per heavy atom. The average Bonchev–Trinajstić information content (AvgIpc) is 2.91. The van der Waals surface area contributed by atoms with E-state index in [9.17, 15) is 5.11 Å². The van der Waals surface area contributed by atoms with E-state index in [1.165, 1.54) is 36.8 Å². The van der Waals surface area contributed by atoms with E-state index in [-0.39, 0.29) is 0 Å². The number of ether oxygens (including phenoxy) is 1. The summed E-state index contributed by atoms with van der Waals surface area (Å²) in [5.41, 5.74) is 2.65. The predicted molar refractivity (Wildman–Crippen MR) is 88.8 cm³/mol. The zero-order valence-electron chi connectivity index (χ0n) is 13.3. The highest BCUT2D eigenvalue weighted by atomic mass is 32.1. The minimum atomic E-state index is -0.414. The molecule has 3 atom stereocenters. The van der Waals surface area contributed by atoms with Crippen LogP contribution in [0.5, 0.6) is 0 Å². The van der Waals surface area contributed by atoms with Crippen LogP contribution in [0.25, 0.3) is 0 Å². The second-order valence-electron chi connectivity index (χ2n) is 6.19. The smallest absolute Gasteiger partial charge is 0.0897 e. The molecule has 0 aliphatic heterocycles. The summed E-state index contributed by atoms with van der Waals surface area (Å²) in [5, 5.41) is 17.7. The zero-order chi connectivity index (χ0) is 15.1. The van der Waals surface area contributed by atoms with Gasteiger partial charge in [-0.1, -0.05) is 26.2 Å². The maximum absolute atomic E-state index is 10.1. The maximum atomic E-state index is 10.1. The van der Waals surface area contributed by atoms with Crippen molar-refractivity contribution in [3.63, 3.8) is 0 Å². The molecule has 0 radical (unpaired) electrons. The molecule has 0 saturated heterocycles. The lowest BCUT2D eigenvalue weighted by Gasteiger charge is -2.31. The summed E-state index contributed by atoms with van der Waals surface area (Å²) >= 11 is 1.73. The standard InChI is InChI=1S/C17H29NO2S/c1-3-14-6-4-5-7-17(14)20-10-16(19)9-18-8-15-12-21-11-13(15)2/h11-12,14,16-19H,3-10H2,1-2H3. The lowest BCUT2D eigenvalue weighted by Crippen LogP contribution is -2.34. The lowest BCUT2D eigenvalue weighted by molar-refractivity contribution is -0.0499. The molecule has 1 aromatic rings. The highest BCUT2D eigenvalue weighted by molar-refractivity contribution is 7.08. The van der Waals surface area contributed by atoms with Gasteiger partial charge in [0, 0.05) is 13.1 Å². The Hall–Kier alpha value is -0.420. The van der Waals surface area contributed by atoms with Gasteiger partial charge in [-0.15, -0.1) is 0 Å². The summed E-state index contributed by atoms with van der Waals surface area (Å²) in [6.07, 6.45) is 6.19. The van der Waals surface area contributed by atoms with Crippen molar-refractivity contribution >= 4 is 11.3 Å². The Kier molecular flexibility index (Phi) is 7.17. The Bertz CT molecular complexity index is 407. The van der Waals surface area contributed by atoms with E-state index in [0.717, 1.165) is 13.0 Å². The third kappa shape index (κ3) is 5.37. The highest BCUT2D eigenvalue weighted by Crippen LogP contribution is 2.29. The fourth-order valence-electron chi connectivity index (χ4n) is 3.10. The summed E-state index contributed by atoms with van der Waals surface area (Å²) in [6.45, 7) is 6.25. The molecule has 4 heteroatoms. The first-order valence-electron chi connectivity index (χ1n) is 8.22. The molecule has 0 spiro atoms. The largest absolute Gasteiger partial charge is 0.389 e. The number of thiophene rings is 1. The Labute approximate surface area is 132 Å². The van der Waals surface area contributed by atoms with E-state index in [1.54, 1.807) is 11.3 Å². The fourth-order valence-corrected chi connectivity index (χ4v) is 3.95. The Morgan fingerprint density at radius 1 is 1.38 bits per heavy atom. The van der Waals surface area contributed by atoms with Crippen molar-refractivity contribution in [1.29, 1.82) is 0 Å². The molecule has 1 aromatic heterocycles. The van der Waals surface area contributed by atoms with Gasteiger partial charge in [0.2, 0.25) is 0 Å². The highest BCUT2D eigenvalue weighted by Gasteiger charge is 2.24. The van der Waals surface area contributed by atoms with Gasteiger partial charge in [0.1, 0.15) is 0 Å². The van der Waals surface area contributed by atoms with Crippen molar-refractivity contribution in [2.45, 2.75) is 64.7 Å². The van der Waals surface area contributed by atoms with Crippen LogP contribution in [0, 0.1) is 12.8 Å². The molecule has 0 aromatic carbocycles. The number of aryl methyl sites for hydroxylation is 1. The number of hydrogen-bond acceptors (Lipinski definition) is 4. The van der Waals surface area contributed by atoms with Crippen LogP contribution in [0.15, 0.2) is 10.8 Å². The fraction of sp³-hybridized carbons (Fsp3) is 0.765. The van der Waals surface area contributed by atoms with Gasteiger partial charge in [-0.05, 0) is 47.6 Å².